The number of hydrogen-bond acceptors (Lipinski definition) is 8. The normalized spacial score (nSPS) is 10.4. The van der Waals surface area contributed by atoms with Crippen molar-refractivity contribution in [3.05, 3.63) is 64.5 Å². The molecular formula is C14H8N4O4S. The van der Waals surface area contributed by atoms with Gasteiger partial charge in [-0.2, -0.15) is 0 Å². The first kappa shape index (κ1) is 14.9. The first-order valence-corrected chi connectivity index (χ1v) is 7.15. The zero-order valence-corrected chi connectivity index (χ0v) is 12.3. The van der Waals surface area contributed by atoms with E-state index in [1.165, 1.54) is 24.3 Å². The molecule has 2 heterocycles. The predicted molar refractivity (Wildman–Crippen MR) is 80.8 cm³/mol. The topological polar surface area (TPSA) is 112 Å². The van der Waals surface area contributed by atoms with Gasteiger partial charge in [-0.3, -0.25) is 19.9 Å². The van der Waals surface area contributed by atoms with Gasteiger partial charge < -0.3 is 4.42 Å². The minimum absolute atomic E-state index is 0.0633. The third-order valence-corrected chi connectivity index (χ3v) is 3.57. The van der Waals surface area contributed by atoms with Crippen LogP contribution in [0.3, 0.4) is 0 Å². The van der Waals surface area contributed by atoms with E-state index >= 15 is 0 Å². The molecule has 0 spiro atoms. The minimum Gasteiger partial charge on any atom is -0.411 e. The van der Waals surface area contributed by atoms with Crippen LogP contribution in [0.5, 0.6) is 0 Å². The molecule has 2 aromatic heterocycles. The van der Waals surface area contributed by atoms with Gasteiger partial charge in [0.05, 0.1) is 4.92 Å². The highest BCUT2D eigenvalue weighted by atomic mass is 32.2. The molecule has 0 radical (unpaired) electrons. The molecule has 0 fully saturated rings. The summed E-state index contributed by atoms with van der Waals surface area (Å²) in [7, 11) is 0. The van der Waals surface area contributed by atoms with Crippen LogP contribution in [0.4, 0.5) is 5.69 Å². The fraction of sp³-hybridized carbons (Fsp3) is 0. The number of thioether (sulfide) groups is 1. The van der Waals surface area contributed by atoms with E-state index in [1.807, 2.05) is 0 Å². The summed E-state index contributed by atoms with van der Waals surface area (Å²) in [5.41, 5.74) is 0.717. The maximum atomic E-state index is 12.1. The summed E-state index contributed by atoms with van der Waals surface area (Å²) < 4.78 is 5.40. The molecule has 0 aliphatic carbocycles. The van der Waals surface area contributed by atoms with Crippen LogP contribution in [0, 0.1) is 10.1 Å². The minimum atomic E-state index is -0.560. The van der Waals surface area contributed by atoms with E-state index in [4.69, 9.17) is 4.42 Å². The fourth-order valence-electron chi connectivity index (χ4n) is 1.75. The van der Waals surface area contributed by atoms with Crippen LogP contribution < -0.4 is 0 Å². The lowest BCUT2D eigenvalue weighted by Gasteiger charge is -1.97. The third-order valence-electron chi connectivity index (χ3n) is 2.81. The number of carbonyl (C=O) groups excluding carboxylic acids is 1. The van der Waals surface area contributed by atoms with Gasteiger partial charge in [-0.25, -0.2) is 0 Å². The van der Waals surface area contributed by atoms with E-state index in [2.05, 4.69) is 15.2 Å². The van der Waals surface area contributed by atoms with E-state index in [-0.39, 0.29) is 22.4 Å². The number of benzene rings is 1. The van der Waals surface area contributed by atoms with Gasteiger partial charge in [0.2, 0.25) is 11.0 Å². The van der Waals surface area contributed by atoms with E-state index in [0.717, 1.165) is 0 Å². The Labute approximate surface area is 133 Å². The average molecular weight is 328 g/mol. The molecular weight excluding hydrogens is 320 g/mol. The van der Waals surface area contributed by atoms with Crippen LogP contribution in [-0.2, 0) is 0 Å². The zero-order chi connectivity index (χ0) is 16.2. The fourth-order valence-corrected chi connectivity index (χ4v) is 2.35. The summed E-state index contributed by atoms with van der Waals surface area (Å²) in [6.07, 6.45) is 3.17. The second-order valence-corrected chi connectivity index (χ2v) is 5.23. The Morgan fingerprint density at radius 2 is 1.96 bits per heavy atom. The van der Waals surface area contributed by atoms with Crippen LogP contribution in [0.2, 0.25) is 0 Å². The Morgan fingerprint density at radius 1 is 1.17 bits per heavy atom. The van der Waals surface area contributed by atoms with Crippen molar-refractivity contribution >= 4 is 22.6 Å². The molecule has 114 valence electrons. The number of pyridine rings is 1. The molecule has 23 heavy (non-hydrogen) atoms. The number of nitro groups is 1. The van der Waals surface area contributed by atoms with Crippen LogP contribution >= 0.6 is 11.8 Å². The quantitative estimate of drug-likeness (QED) is 0.408. The van der Waals surface area contributed by atoms with Gasteiger partial charge in [0.25, 0.3) is 10.9 Å². The number of non-ortho nitro benzene ring substituents is 1. The number of nitrogens with zero attached hydrogens (tertiary/aromatic N) is 4. The van der Waals surface area contributed by atoms with Crippen molar-refractivity contribution in [1.29, 1.82) is 0 Å². The Kier molecular flexibility index (Phi) is 4.11. The molecule has 0 N–H and O–H groups in total. The highest BCUT2D eigenvalue weighted by molar-refractivity contribution is 8.14. The van der Waals surface area contributed by atoms with Crippen LogP contribution in [-0.4, -0.2) is 25.2 Å². The highest BCUT2D eigenvalue weighted by Gasteiger charge is 2.17. The molecule has 3 rings (SSSR count). The average Bonchev–Trinajstić information content (AvgIpc) is 3.04. The van der Waals surface area contributed by atoms with Gasteiger partial charge in [-0.1, -0.05) is 6.07 Å². The number of rotatable bonds is 4. The number of hydrogen-bond donors (Lipinski definition) is 0. The van der Waals surface area contributed by atoms with Gasteiger partial charge >= 0.3 is 0 Å². The van der Waals surface area contributed by atoms with Gasteiger partial charge in [0.15, 0.2) is 0 Å². The van der Waals surface area contributed by atoms with Crippen molar-refractivity contribution < 1.29 is 14.1 Å². The Bertz CT molecular complexity index is 866. The monoisotopic (exact) mass is 328 g/mol. The van der Waals surface area contributed by atoms with E-state index in [1.54, 1.807) is 24.5 Å². The van der Waals surface area contributed by atoms with Crippen LogP contribution in [0.25, 0.3) is 11.5 Å². The summed E-state index contributed by atoms with van der Waals surface area (Å²) >= 11 is 0.715. The lowest BCUT2D eigenvalue weighted by atomic mass is 10.2. The second-order valence-electron chi connectivity index (χ2n) is 4.31. The maximum absolute atomic E-state index is 12.1. The Morgan fingerprint density at radius 3 is 2.70 bits per heavy atom. The predicted octanol–water partition coefficient (Wildman–Crippen LogP) is 2.97. The van der Waals surface area contributed by atoms with Crippen molar-refractivity contribution in [3.8, 4) is 11.5 Å². The smallest absolute Gasteiger partial charge is 0.284 e. The summed E-state index contributed by atoms with van der Waals surface area (Å²) in [5, 5.41) is 18.0. The lowest BCUT2D eigenvalue weighted by Crippen LogP contribution is -1.95. The molecule has 0 unspecified atom stereocenters. The van der Waals surface area contributed by atoms with Crippen molar-refractivity contribution in [3.63, 3.8) is 0 Å². The summed E-state index contributed by atoms with van der Waals surface area (Å²) in [6.45, 7) is 0. The Hall–Kier alpha value is -3.07. The van der Waals surface area contributed by atoms with Crippen molar-refractivity contribution in [2.75, 3.05) is 0 Å². The molecule has 3 aromatic rings. The van der Waals surface area contributed by atoms with Crippen molar-refractivity contribution in [1.82, 2.24) is 15.2 Å². The zero-order valence-electron chi connectivity index (χ0n) is 11.4. The first-order chi connectivity index (χ1) is 11.1. The number of nitro benzene ring substituents is 1. The molecule has 0 saturated carbocycles. The largest absolute Gasteiger partial charge is 0.411 e. The first-order valence-electron chi connectivity index (χ1n) is 6.34. The van der Waals surface area contributed by atoms with Crippen LogP contribution in [0.15, 0.2) is 58.4 Å². The number of aromatic nitrogens is 3. The molecule has 0 aliphatic heterocycles. The van der Waals surface area contributed by atoms with E-state index < -0.39 is 10.0 Å². The Balaban J connectivity index is 1.77. The standard InChI is InChI=1S/C14H8N4O4S/c19-13(10-2-1-3-11(8-10)18(20)21)23-14-17-16-12(22-14)9-4-6-15-7-5-9/h1-8H. The van der Waals surface area contributed by atoms with Gasteiger partial charge in [-0.05, 0) is 18.2 Å². The molecule has 0 bridgehead atoms. The van der Waals surface area contributed by atoms with Gasteiger partial charge in [0.1, 0.15) is 0 Å². The summed E-state index contributed by atoms with van der Waals surface area (Å²) in [5.74, 6) is 0.266. The molecule has 8 nitrogen and oxygen atoms in total. The lowest BCUT2D eigenvalue weighted by molar-refractivity contribution is -0.384. The molecule has 0 aliphatic rings. The summed E-state index contributed by atoms with van der Waals surface area (Å²) in [6, 6.07) is 8.85. The second kappa shape index (κ2) is 6.36. The molecule has 0 amide bonds. The molecule has 9 heteroatoms. The summed E-state index contributed by atoms with van der Waals surface area (Å²) in [4.78, 5) is 26.2. The van der Waals surface area contributed by atoms with Gasteiger partial charge in [-0.15, -0.1) is 10.2 Å². The van der Waals surface area contributed by atoms with Crippen LogP contribution in [0.1, 0.15) is 10.4 Å². The van der Waals surface area contributed by atoms with Crippen molar-refractivity contribution in [2.24, 2.45) is 0 Å². The van der Waals surface area contributed by atoms with E-state index in [9.17, 15) is 14.9 Å². The maximum Gasteiger partial charge on any atom is 0.284 e. The van der Waals surface area contributed by atoms with Gasteiger partial charge in [0, 0.05) is 47.4 Å². The molecule has 0 saturated heterocycles. The van der Waals surface area contributed by atoms with Crippen molar-refractivity contribution in [2.45, 2.75) is 5.22 Å². The SMILES string of the molecule is O=C(Sc1nnc(-c2ccncc2)o1)c1cccc([N+](=O)[O-])c1. The molecule has 0 atom stereocenters. The number of carbonyl (C=O) groups is 1. The highest BCUT2D eigenvalue weighted by Crippen LogP contribution is 2.26. The van der Waals surface area contributed by atoms with E-state index in [0.29, 0.717) is 17.3 Å². The third kappa shape index (κ3) is 3.40. The molecule has 1 aromatic carbocycles.